The lowest BCUT2D eigenvalue weighted by atomic mass is 9.85. The van der Waals surface area contributed by atoms with Gasteiger partial charge in [-0.25, -0.2) is 27.4 Å². The number of halogens is 8. The Hall–Kier alpha value is -6.32. The van der Waals surface area contributed by atoms with Gasteiger partial charge in [0.05, 0.1) is 46.2 Å². The molecule has 58 heavy (non-hydrogen) atoms. The van der Waals surface area contributed by atoms with E-state index in [0.717, 1.165) is 34.1 Å². The van der Waals surface area contributed by atoms with Gasteiger partial charge in [-0.05, 0) is 60.8 Å². The number of allylic oxidation sites excluding steroid dienone is 4. The molecule has 4 bridgehead atoms. The van der Waals surface area contributed by atoms with Crippen LogP contribution < -0.4 is 19.3 Å². The Morgan fingerprint density at radius 3 is 1.02 bits per heavy atom. The highest BCUT2D eigenvalue weighted by atomic mass is 19.2. The van der Waals surface area contributed by atoms with Crippen molar-refractivity contribution < 1.29 is 63.8 Å². The predicted octanol–water partition coefficient (Wildman–Crippen LogP) is 8.67. The number of anilines is 2. The van der Waals surface area contributed by atoms with Crippen LogP contribution in [-0.2, 0) is 19.2 Å². The Morgan fingerprint density at radius 2 is 0.724 bits per heavy atom. The van der Waals surface area contributed by atoms with Crippen molar-refractivity contribution in [1.82, 2.24) is 0 Å². The van der Waals surface area contributed by atoms with Gasteiger partial charge in [-0.1, -0.05) is 36.4 Å². The average molecular weight is 805 g/mol. The molecule has 8 unspecified atom stereocenters. The van der Waals surface area contributed by atoms with Gasteiger partial charge in [0.25, 0.3) is 0 Å². The summed E-state index contributed by atoms with van der Waals surface area (Å²) in [5.41, 5.74) is -4.43. The van der Waals surface area contributed by atoms with Crippen molar-refractivity contribution in [3.05, 3.63) is 119 Å². The van der Waals surface area contributed by atoms with Crippen LogP contribution in [0.1, 0.15) is 12.8 Å². The third kappa shape index (κ3) is 4.86. The van der Waals surface area contributed by atoms with Crippen molar-refractivity contribution in [2.45, 2.75) is 12.8 Å². The van der Waals surface area contributed by atoms with E-state index in [0.29, 0.717) is 12.8 Å². The van der Waals surface area contributed by atoms with Crippen LogP contribution in [0.5, 0.6) is 23.0 Å². The number of ether oxygens (including phenoxy) is 2. The fourth-order valence-corrected chi connectivity index (χ4v) is 9.76. The van der Waals surface area contributed by atoms with Gasteiger partial charge in [-0.3, -0.25) is 19.2 Å². The molecule has 0 spiro atoms. The number of benzene rings is 4. The molecule has 10 rings (SSSR count). The summed E-state index contributed by atoms with van der Waals surface area (Å²) < 4.78 is 134. The molecule has 8 atom stereocenters. The lowest BCUT2D eigenvalue weighted by molar-refractivity contribution is -0.124. The van der Waals surface area contributed by atoms with E-state index in [9.17, 15) is 19.2 Å². The van der Waals surface area contributed by atoms with Crippen LogP contribution in [0.3, 0.4) is 0 Å². The zero-order chi connectivity index (χ0) is 40.6. The number of hydrogen-bond acceptors (Lipinski definition) is 6. The standard InChI is InChI=1S/C42H24F8N2O6/c43-29-27(30(44)34(48)37(33(29)47)57-21-5-1-3-19(13-21)51-39(53)23-15-7-8-16(11-15)24(23)40(51)54)28-31(45)35(49)38(36(50)32(28)46)58-22-6-2-4-20(14-22)52-41(55)25-17-9-10-18(12-17)26(25)42(52)56/h1-10,13-18,23-26H,11-12H2. The summed E-state index contributed by atoms with van der Waals surface area (Å²) in [6.45, 7) is 0. The van der Waals surface area contributed by atoms with E-state index in [4.69, 9.17) is 9.47 Å². The van der Waals surface area contributed by atoms with Gasteiger partial charge < -0.3 is 9.47 Å². The second kappa shape index (κ2) is 12.6. The fourth-order valence-electron chi connectivity index (χ4n) is 9.76. The molecule has 4 aromatic rings. The number of amides is 4. The molecular formula is C42H24F8N2O6. The van der Waals surface area contributed by atoms with Crippen LogP contribution in [0.15, 0.2) is 72.8 Å². The van der Waals surface area contributed by atoms with E-state index < -0.39 is 128 Å². The molecule has 2 saturated heterocycles. The molecular weight excluding hydrogens is 780 g/mol. The quantitative estimate of drug-likeness (QED) is 0.0804. The Morgan fingerprint density at radius 1 is 0.431 bits per heavy atom. The van der Waals surface area contributed by atoms with Crippen LogP contribution in [0, 0.1) is 93.9 Å². The molecule has 4 aliphatic carbocycles. The summed E-state index contributed by atoms with van der Waals surface area (Å²) in [4.78, 5) is 54.7. The summed E-state index contributed by atoms with van der Waals surface area (Å²) in [6, 6.07) is 9.31. The van der Waals surface area contributed by atoms with Gasteiger partial charge >= 0.3 is 0 Å². The second-order valence-electron chi connectivity index (χ2n) is 15.1. The molecule has 4 aromatic carbocycles. The van der Waals surface area contributed by atoms with E-state index in [1.807, 2.05) is 24.3 Å². The van der Waals surface area contributed by atoms with Crippen LogP contribution in [0.25, 0.3) is 11.1 Å². The van der Waals surface area contributed by atoms with Crippen molar-refractivity contribution in [2.24, 2.45) is 47.3 Å². The SMILES string of the molecule is O=C1C2C3C=CC(C3)C2C(=O)N1c1cccc(Oc2c(F)c(F)c(-c3c(F)c(F)c(Oc4cccc(N5C(=O)C6C7C=CC(C7)C6C5=O)c4)c(F)c3F)c(F)c2F)c1. The second-order valence-corrected chi connectivity index (χ2v) is 15.1. The molecule has 0 N–H and O–H groups in total. The average Bonchev–Trinajstić information content (AvgIpc) is 4.08. The molecule has 4 amide bonds. The number of carbonyl (C=O) groups is 4. The Bertz CT molecular complexity index is 2350. The largest absolute Gasteiger partial charge is 0.451 e. The maximum atomic E-state index is 15.6. The molecule has 0 radical (unpaired) electrons. The van der Waals surface area contributed by atoms with E-state index in [-0.39, 0.29) is 35.0 Å². The minimum atomic E-state index is -2.49. The highest BCUT2D eigenvalue weighted by Gasteiger charge is 2.61. The number of carbonyl (C=O) groups excluding carboxylic acids is 4. The summed E-state index contributed by atoms with van der Waals surface area (Å²) in [7, 11) is 0. The zero-order valence-electron chi connectivity index (χ0n) is 29.3. The summed E-state index contributed by atoms with van der Waals surface area (Å²) in [5.74, 6) is -28.8. The van der Waals surface area contributed by atoms with Gasteiger partial charge in [0.15, 0.2) is 23.3 Å². The first kappa shape index (κ1) is 36.0. The first-order valence-electron chi connectivity index (χ1n) is 18.2. The molecule has 4 fully saturated rings. The number of fused-ring (bicyclic) bond motifs is 10. The van der Waals surface area contributed by atoms with Gasteiger partial charge in [0.1, 0.15) is 11.5 Å². The molecule has 16 heteroatoms. The lowest BCUT2D eigenvalue weighted by Gasteiger charge is -2.19. The third-order valence-electron chi connectivity index (χ3n) is 12.2. The van der Waals surface area contributed by atoms with Gasteiger partial charge in [0.2, 0.25) is 58.4 Å². The normalized spacial score (nSPS) is 27.4. The Labute approximate surface area is 321 Å². The van der Waals surface area contributed by atoms with Crippen molar-refractivity contribution in [3.8, 4) is 34.1 Å². The molecule has 2 aliphatic heterocycles. The van der Waals surface area contributed by atoms with Crippen molar-refractivity contribution in [1.29, 1.82) is 0 Å². The smallest absolute Gasteiger partial charge is 0.238 e. The maximum Gasteiger partial charge on any atom is 0.238 e. The summed E-state index contributed by atoms with van der Waals surface area (Å²) in [5, 5.41) is 0. The molecule has 6 aliphatic rings. The van der Waals surface area contributed by atoms with Crippen LogP contribution >= 0.6 is 0 Å². The number of hydrogen-bond donors (Lipinski definition) is 0. The minimum Gasteiger partial charge on any atom is -0.451 e. The topological polar surface area (TPSA) is 93.2 Å². The molecule has 294 valence electrons. The highest BCUT2D eigenvalue weighted by Crippen LogP contribution is 2.55. The fraction of sp³-hybridized carbons (Fsp3) is 0.238. The number of imide groups is 2. The zero-order valence-corrected chi connectivity index (χ0v) is 29.3. The van der Waals surface area contributed by atoms with Crippen LogP contribution in [-0.4, -0.2) is 23.6 Å². The Kier molecular flexibility index (Phi) is 7.82. The van der Waals surface area contributed by atoms with Crippen molar-refractivity contribution >= 4 is 35.0 Å². The maximum absolute atomic E-state index is 15.6. The monoisotopic (exact) mass is 804 g/mol. The van der Waals surface area contributed by atoms with Crippen molar-refractivity contribution in [2.75, 3.05) is 9.80 Å². The molecule has 8 nitrogen and oxygen atoms in total. The minimum absolute atomic E-state index is 0.0617. The van der Waals surface area contributed by atoms with Gasteiger partial charge in [0, 0.05) is 12.1 Å². The molecule has 0 aromatic heterocycles. The summed E-state index contributed by atoms with van der Waals surface area (Å²) >= 11 is 0. The van der Waals surface area contributed by atoms with E-state index in [1.165, 1.54) is 24.3 Å². The first-order valence-corrected chi connectivity index (χ1v) is 18.2. The van der Waals surface area contributed by atoms with Gasteiger partial charge in [-0.15, -0.1) is 0 Å². The van der Waals surface area contributed by atoms with E-state index in [2.05, 4.69) is 0 Å². The Balaban J connectivity index is 0.938. The third-order valence-corrected chi connectivity index (χ3v) is 12.2. The molecule has 2 saturated carbocycles. The number of nitrogens with zero attached hydrogens (tertiary/aromatic N) is 2. The lowest BCUT2D eigenvalue weighted by Crippen LogP contribution is -2.32. The summed E-state index contributed by atoms with van der Waals surface area (Å²) in [6.07, 6.45) is 8.79. The van der Waals surface area contributed by atoms with E-state index >= 15 is 35.1 Å². The van der Waals surface area contributed by atoms with Crippen LogP contribution in [0.2, 0.25) is 0 Å². The van der Waals surface area contributed by atoms with Crippen molar-refractivity contribution in [3.63, 3.8) is 0 Å². The van der Waals surface area contributed by atoms with E-state index in [1.54, 1.807) is 0 Å². The first-order chi connectivity index (χ1) is 27.8. The highest BCUT2D eigenvalue weighted by molar-refractivity contribution is 6.23. The van der Waals surface area contributed by atoms with Gasteiger partial charge in [-0.2, -0.15) is 17.6 Å². The predicted molar refractivity (Wildman–Crippen MR) is 185 cm³/mol. The molecule has 2 heterocycles. The number of rotatable bonds is 7. The van der Waals surface area contributed by atoms with Crippen LogP contribution in [0.4, 0.5) is 46.5 Å².